The molecular weight excluding hydrogens is 253 g/mol. The number of nitrogens with one attached hydrogen (secondary N) is 1. The van der Waals surface area contributed by atoms with Gasteiger partial charge in [-0.3, -0.25) is 0 Å². The molecule has 1 heterocycles. The van der Waals surface area contributed by atoms with Gasteiger partial charge in [0.1, 0.15) is 11.6 Å². The predicted octanol–water partition coefficient (Wildman–Crippen LogP) is 2.91. The summed E-state index contributed by atoms with van der Waals surface area (Å²) in [6.45, 7) is 2.51. The Bertz CT molecular complexity index is 578. The minimum atomic E-state index is -0.290. The molecule has 2 rings (SSSR count). The minimum Gasteiger partial charge on any atom is -0.330 e. The molecule has 3 nitrogen and oxygen atoms in total. The van der Waals surface area contributed by atoms with E-state index < -0.39 is 0 Å². The van der Waals surface area contributed by atoms with Crippen LogP contribution in [-0.4, -0.2) is 16.6 Å². The van der Waals surface area contributed by atoms with Gasteiger partial charge in [0.2, 0.25) is 0 Å². The zero-order valence-electron chi connectivity index (χ0n) is 10.6. The first-order valence-electron chi connectivity index (χ1n) is 5.66. The van der Waals surface area contributed by atoms with Crippen molar-refractivity contribution in [3.05, 3.63) is 40.6 Å². The molecule has 0 bridgehead atoms. The fourth-order valence-electron chi connectivity index (χ4n) is 2.06. The summed E-state index contributed by atoms with van der Waals surface area (Å²) in [5.41, 5.74) is 2.04. The Morgan fingerprint density at radius 3 is 2.83 bits per heavy atom. The Morgan fingerprint density at radius 1 is 1.44 bits per heavy atom. The highest BCUT2D eigenvalue weighted by molar-refractivity contribution is 6.30. The number of aryl methyl sites for hydroxylation is 1. The fraction of sp³-hybridized carbons (Fsp3) is 0.308. The molecule has 0 atom stereocenters. The Balaban J connectivity index is 2.60. The van der Waals surface area contributed by atoms with Crippen LogP contribution in [0, 0.1) is 12.7 Å². The Labute approximate surface area is 111 Å². The van der Waals surface area contributed by atoms with Crippen LogP contribution in [0.2, 0.25) is 5.02 Å². The first-order chi connectivity index (χ1) is 8.54. The fourth-order valence-corrected chi connectivity index (χ4v) is 2.24. The highest BCUT2D eigenvalue weighted by atomic mass is 35.5. The number of hydrogen-bond acceptors (Lipinski definition) is 2. The van der Waals surface area contributed by atoms with Crippen molar-refractivity contribution in [3.8, 4) is 11.3 Å². The summed E-state index contributed by atoms with van der Waals surface area (Å²) < 4.78 is 15.8. The molecule has 5 heteroatoms. The van der Waals surface area contributed by atoms with Crippen LogP contribution in [-0.2, 0) is 13.6 Å². The van der Waals surface area contributed by atoms with Crippen LogP contribution in [0.3, 0.4) is 0 Å². The van der Waals surface area contributed by atoms with Crippen molar-refractivity contribution in [2.45, 2.75) is 13.5 Å². The average molecular weight is 268 g/mol. The summed E-state index contributed by atoms with van der Waals surface area (Å²) in [7, 11) is 3.73. The van der Waals surface area contributed by atoms with Gasteiger partial charge in [-0.1, -0.05) is 11.6 Å². The van der Waals surface area contributed by atoms with Gasteiger partial charge in [-0.25, -0.2) is 9.37 Å². The molecule has 0 unspecified atom stereocenters. The third-order valence-electron chi connectivity index (χ3n) is 2.88. The molecule has 1 N–H and O–H groups in total. The lowest BCUT2D eigenvalue weighted by molar-refractivity contribution is 0.628. The van der Waals surface area contributed by atoms with E-state index in [1.54, 1.807) is 12.1 Å². The highest BCUT2D eigenvalue weighted by Crippen LogP contribution is 2.29. The van der Waals surface area contributed by atoms with Crippen molar-refractivity contribution in [2.75, 3.05) is 7.05 Å². The lowest BCUT2D eigenvalue weighted by atomic mass is 10.1. The van der Waals surface area contributed by atoms with E-state index in [0.29, 0.717) is 17.1 Å². The predicted molar refractivity (Wildman–Crippen MR) is 71.1 cm³/mol. The lowest BCUT2D eigenvalue weighted by Gasteiger charge is -2.08. The topological polar surface area (TPSA) is 29.9 Å². The molecule has 0 aliphatic heterocycles. The van der Waals surface area contributed by atoms with Crippen molar-refractivity contribution in [1.29, 1.82) is 0 Å². The van der Waals surface area contributed by atoms with Crippen molar-refractivity contribution in [1.82, 2.24) is 14.9 Å². The molecule has 96 valence electrons. The third kappa shape index (κ3) is 2.26. The molecule has 1 aromatic heterocycles. The summed E-state index contributed by atoms with van der Waals surface area (Å²) in [5.74, 6) is 0.575. The van der Waals surface area contributed by atoms with Gasteiger partial charge >= 0.3 is 0 Å². The van der Waals surface area contributed by atoms with Crippen molar-refractivity contribution in [2.24, 2.45) is 7.05 Å². The zero-order chi connectivity index (χ0) is 13.3. The summed E-state index contributed by atoms with van der Waals surface area (Å²) in [5, 5.41) is 3.56. The molecule has 2 aromatic rings. The van der Waals surface area contributed by atoms with Crippen LogP contribution >= 0.6 is 11.6 Å². The number of nitrogens with zero attached hydrogens (tertiary/aromatic N) is 2. The smallest absolute Gasteiger partial charge is 0.132 e. The van der Waals surface area contributed by atoms with Gasteiger partial charge in [0, 0.05) is 17.6 Å². The van der Waals surface area contributed by atoms with Gasteiger partial charge in [-0.05, 0) is 32.2 Å². The second kappa shape index (κ2) is 5.08. The summed E-state index contributed by atoms with van der Waals surface area (Å²) in [6.07, 6.45) is 0. The third-order valence-corrected chi connectivity index (χ3v) is 3.12. The van der Waals surface area contributed by atoms with Crippen LogP contribution in [0.25, 0.3) is 11.3 Å². The standard InChI is InChI=1S/C13H15ClFN3/c1-8-13(18(3)12(17-8)7-16-2)10-6-9(14)4-5-11(10)15/h4-6,16H,7H2,1-3H3. The van der Waals surface area contributed by atoms with E-state index in [2.05, 4.69) is 10.3 Å². The maximum Gasteiger partial charge on any atom is 0.132 e. The zero-order valence-corrected chi connectivity index (χ0v) is 11.3. The summed E-state index contributed by atoms with van der Waals surface area (Å²) >= 11 is 5.93. The highest BCUT2D eigenvalue weighted by Gasteiger charge is 2.16. The monoisotopic (exact) mass is 267 g/mol. The molecule has 0 spiro atoms. The second-order valence-electron chi connectivity index (χ2n) is 4.18. The molecule has 0 fully saturated rings. The van der Waals surface area contributed by atoms with Crippen molar-refractivity contribution in [3.63, 3.8) is 0 Å². The van der Waals surface area contributed by atoms with E-state index in [-0.39, 0.29) is 5.82 Å². The van der Waals surface area contributed by atoms with Gasteiger partial charge in [-0.15, -0.1) is 0 Å². The summed E-state index contributed by atoms with van der Waals surface area (Å²) in [6, 6.07) is 4.55. The number of halogens is 2. The number of imidazole rings is 1. The van der Waals surface area contributed by atoms with Crippen molar-refractivity contribution >= 4 is 11.6 Å². The number of benzene rings is 1. The first-order valence-corrected chi connectivity index (χ1v) is 6.04. The Morgan fingerprint density at radius 2 is 2.17 bits per heavy atom. The molecule has 1 aromatic carbocycles. The van der Waals surface area contributed by atoms with Gasteiger partial charge in [0.15, 0.2) is 0 Å². The van der Waals surface area contributed by atoms with E-state index in [1.807, 2.05) is 25.6 Å². The van der Waals surface area contributed by atoms with E-state index in [0.717, 1.165) is 17.2 Å². The maximum absolute atomic E-state index is 13.9. The average Bonchev–Trinajstić information content (AvgIpc) is 2.59. The molecule has 0 radical (unpaired) electrons. The largest absolute Gasteiger partial charge is 0.330 e. The SMILES string of the molecule is CNCc1nc(C)c(-c2cc(Cl)ccc2F)n1C. The van der Waals surface area contributed by atoms with E-state index in [4.69, 9.17) is 11.6 Å². The van der Waals surface area contributed by atoms with Crippen LogP contribution in [0.5, 0.6) is 0 Å². The maximum atomic E-state index is 13.9. The molecule has 18 heavy (non-hydrogen) atoms. The molecule has 0 amide bonds. The first kappa shape index (κ1) is 13.1. The van der Waals surface area contributed by atoms with Crippen LogP contribution in [0.4, 0.5) is 4.39 Å². The molecule has 0 aliphatic carbocycles. The summed E-state index contributed by atoms with van der Waals surface area (Å²) in [4.78, 5) is 4.44. The van der Waals surface area contributed by atoms with Gasteiger partial charge in [0.05, 0.1) is 17.9 Å². The lowest BCUT2D eigenvalue weighted by Crippen LogP contribution is -2.10. The Kier molecular flexibility index (Phi) is 3.68. The molecule has 0 aliphatic rings. The number of aromatic nitrogens is 2. The van der Waals surface area contributed by atoms with E-state index >= 15 is 0 Å². The van der Waals surface area contributed by atoms with Gasteiger partial charge in [-0.2, -0.15) is 0 Å². The van der Waals surface area contributed by atoms with Gasteiger partial charge < -0.3 is 9.88 Å². The van der Waals surface area contributed by atoms with Crippen LogP contribution < -0.4 is 5.32 Å². The second-order valence-corrected chi connectivity index (χ2v) is 4.61. The molecule has 0 saturated heterocycles. The number of rotatable bonds is 3. The normalized spacial score (nSPS) is 10.9. The quantitative estimate of drug-likeness (QED) is 0.927. The van der Waals surface area contributed by atoms with Crippen LogP contribution in [0.1, 0.15) is 11.5 Å². The molecule has 0 saturated carbocycles. The van der Waals surface area contributed by atoms with E-state index in [1.165, 1.54) is 6.07 Å². The Hall–Kier alpha value is -1.39. The molecular formula is C13H15ClFN3. The van der Waals surface area contributed by atoms with E-state index in [9.17, 15) is 4.39 Å². The van der Waals surface area contributed by atoms with Crippen LogP contribution in [0.15, 0.2) is 18.2 Å². The van der Waals surface area contributed by atoms with Gasteiger partial charge in [0.25, 0.3) is 0 Å². The number of hydrogen-bond donors (Lipinski definition) is 1. The van der Waals surface area contributed by atoms with Crippen molar-refractivity contribution < 1.29 is 4.39 Å². The minimum absolute atomic E-state index is 0.290.